The lowest BCUT2D eigenvalue weighted by molar-refractivity contribution is -0.174. The van der Waals surface area contributed by atoms with Crippen molar-refractivity contribution >= 4 is 0 Å². The Hall–Kier alpha value is -1.07. The van der Waals surface area contributed by atoms with E-state index >= 15 is 0 Å². The Kier molecular flexibility index (Phi) is 5.62. The Morgan fingerprint density at radius 1 is 1.28 bits per heavy atom. The first-order chi connectivity index (χ1) is 8.44. The topological polar surface area (TPSA) is 29.5 Å². The standard InChI is InChI=1S/C13H17F3O2/c1-10-4-2-3-5-12(10)11(8-17)6-7-18-9-13(14,15)16/h2-5,11,17H,6-9H2,1H3. The summed E-state index contributed by atoms with van der Waals surface area (Å²) in [5.74, 6) is -0.181. The van der Waals surface area contributed by atoms with Gasteiger partial charge in [-0.15, -0.1) is 0 Å². The molecule has 0 saturated carbocycles. The zero-order chi connectivity index (χ0) is 13.6. The Labute approximate surface area is 104 Å². The number of aliphatic hydroxyl groups is 1. The minimum Gasteiger partial charge on any atom is -0.396 e. The number of halogens is 3. The summed E-state index contributed by atoms with van der Waals surface area (Å²) < 4.78 is 40.2. The highest BCUT2D eigenvalue weighted by Crippen LogP contribution is 2.23. The Morgan fingerprint density at radius 3 is 2.50 bits per heavy atom. The molecule has 0 bridgehead atoms. The molecule has 0 fully saturated rings. The van der Waals surface area contributed by atoms with Crippen LogP contribution in [0.15, 0.2) is 24.3 Å². The number of alkyl halides is 3. The van der Waals surface area contributed by atoms with Gasteiger partial charge < -0.3 is 9.84 Å². The molecule has 0 saturated heterocycles. The van der Waals surface area contributed by atoms with E-state index in [-0.39, 0.29) is 19.1 Å². The molecule has 1 N–H and O–H groups in total. The van der Waals surface area contributed by atoms with Crippen LogP contribution in [-0.4, -0.2) is 31.1 Å². The van der Waals surface area contributed by atoms with Crippen LogP contribution in [0.4, 0.5) is 13.2 Å². The fraction of sp³-hybridized carbons (Fsp3) is 0.538. The summed E-state index contributed by atoms with van der Waals surface area (Å²) in [6.45, 7) is 0.562. The van der Waals surface area contributed by atoms with Crippen molar-refractivity contribution in [2.24, 2.45) is 0 Å². The highest BCUT2D eigenvalue weighted by Gasteiger charge is 2.27. The molecule has 1 atom stereocenters. The molecular weight excluding hydrogens is 245 g/mol. The van der Waals surface area contributed by atoms with E-state index in [1.807, 2.05) is 31.2 Å². The van der Waals surface area contributed by atoms with Crippen molar-refractivity contribution in [3.63, 3.8) is 0 Å². The van der Waals surface area contributed by atoms with Crippen molar-refractivity contribution in [1.82, 2.24) is 0 Å². The van der Waals surface area contributed by atoms with Gasteiger partial charge in [0, 0.05) is 12.5 Å². The molecule has 0 spiro atoms. The van der Waals surface area contributed by atoms with Crippen LogP contribution < -0.4 is 0 Å². The lowest BCUT2D eigenvalue weighted by Gasteiger charge is -2.17. The van der Waals surface area contributed by atoms with Gasteiger partial charge in [0.1, 0.15) is 6.61 Å². The van der Waals surface area contributed by atoms with Crippen LogP contribution in [0.25, 0.3) is 0 Å². The third-order valence-electron chi connectivity index (χ3n) is 2.73. The van der Waals surface area contributed by atoms with Gasteiger partial charge in [0.2, 0.25) is 0 Å². The van der Waals surface area contributed by atoms with E-state index < -0.39 is 12.8 Å². The van der Waals surface area contributed by atoms with Gasteiger partial charge in [0.25, 0.3) is 0 Å². The molecule has 18 heavy (non-hydrogen) atoms. The van der Waals surface area contributed by atoms with Gasteiger partial charge in [0.05, 0.1) is 6.61 Å². The van der Waals surface area contributed by atoms with Crippen LogP contribution in [0, 0.1) is 6.92 Å². The van der Waals surface area contributed by atoms with Crippen LogP contribution in [-0.2, 0) is 4.74 Å². The summed E-state index contributed by atoms with van der Waals surface area (Å²) in [5, 5.41) is 9.29. The number of rotatable bonds is 6. The molecule has 0 aliphatic rings. The lowest BCUT2D eigenvalue weighted by Crippen LogP contribution is -2.18. The monoisotopic (exact) mass is 262 g/mol. The van der Waals surface area contributed by atoms with Gasteiger partial charge in [-0.1, -0.05) is 24.3 Å². The fourth-order valence-electron chi connectivity index (χ4n) is 1.80. The van der Waals surface area contributed by atoms with E-state index in [0.29, 0.717) is 6.42 Å². The van der Waals surface area contributed by atoms with Crippen LogP contribution in [0.2, 0.25) is 0 Å². The second-order valence-corrected chi connectivity index (χ2v) is 4.19. The molecule has 0 aromatic heterocycles. The second-order valence-electron chi connectivity index (χ2n) is 4.19. The van der Waals surface area contributed by atoms with Crippen LogP contribution >= 0.6 is 0 Å². The van der Waals surface area contributed by atoms with E-state index in [9.17, 15) is 18.3 Å². The molecule has 102 valence electrons. The highest BCUT2D eigenvalue weighted by atomic mass is 19.4. The Balaban J connectivity index is 2.46. The van der Waals surface area contributed by atoms with Crippen molar-refractivity contribution in [2.45, 2.75) is 25.4 Å². The smallest absolute Gasteiger partial charge is 0.396 e. The summed E-state index contributed by atoms with van der Waals surface area (Å²) in [6.07, 6.45) is -3.92. The van der Waals surface area contributed by atoms with Gasteiger partial charge in [-0.3, -0.25) is 0 Å². The number of hydrogen-bond donors (Lipinski definition) is 1. The summed E-state index contributed by atoms with van der Waals surface area (Å²) >= 11 is 0. The molecule has 1 aromatic rings. The first kappa shape index (κ1) is 15.0. The van der Waals surface area contributed by atoms with E-state index in [2.05, 4.69) is 4.74 Å². The van der Waals surface area contributed by atoms with Gasteiger partial charge in [-0.25, -0.2) is 0 Å². The lowest BCUT2D eigenvalue weighted by atomic mass is 9.93. The average molecular weight is 262 g/mol. The molecule has 0 heterocycles. The number of ether oxygens (including phenoxy) is 1. The highest BCUT2D eigenvalue weighted by molar-refractivity contribution is 5.29. The summed E-state index contributed by atoms with van der Waals surface area (Å²) in [4.78, 5) is 0. The van der Waals surface area contributed by atoms with E-state index in [1.165, 1.54) is 0 Å². The first-order valence-corrected chi connectivity index (χ1v) is 5.75. The zero-order valence-corrected chi connectivity index (χ0v) is 10.2. The number of aryl methyl sites for hydroxylation is 1. The third kappa shape index (κ3) is 5.06. The summed E-state index contributed by atoms with van der Waals surface area (Å²) in [6, 6.07) is 7.52. The predicted octanol–water partition coefficient (Wildman–Crippen LogP) is 3.04. The molecule has 5 heteroatoms. The molecule has 1 unspecified atom stereocenters. The van der Waals surface area contributed by atoms with E-state index in [0.717, 1.165) is 11.1 Å². The van der Waals surface area contributed by atoms with Crippen LogP contribution in [0.1, 0.15) is 23.5 Å². The SMILES string of the molecule is Cc1ccccc1C(CO)CCOCC(F)(F)F. The van der Waals surface area contributed by atoms with Crippen molar-refractivity contribution in [3.05, 3.63) is 35.4 Å². The number of hydrogen-bond acceptors (Lipinski definition) is 2. The van der Waals surface area contributed by atoms with Crippen molar-refractivity contribution in [2.75, 3.05) is 19.8 Å². The predicted molar refractivity (Wildman–Crippen MR) is 62.5 cm³/mol. The summed E-state index contributed by atoms with van der Waals surface area (Å²) in [7, 11) is 0. The Morgan fingerprint density at radius 2 is 1.94 bits per heavy atom. The van der Waals surface area contributed by atoms with Crippen LogP contribution in [0.5, 0.6) is 0 Å². The van der Waals surface area contributed by atoms with Crippen molar-refractivity contribution < 1.29 is 23.0 Å². The molecule has 1 aromatic carbocycles. The van der Waals surface area contributed by atoms with Gasteiger partial charge in [-0.2, -0.15) is 13.2 Å². The minimum absolute atomic E-state index is 0.0148. The third-order valence-corrected chi connectivity index (χ3v) is 2.73. The minimum atomic E-state index is -4.29. The van der Waals surface area contributed by atoms with Gasteiger partial charge in [0.15, 0.2) is 0 Å². The van der Waals surface area contributed by atoms with E-state index in [4.69, 9.17) is 0 Å². The van der Waals surface area contributed by atoms with E-state index in [1.54, 1.807) is 0 Å². The van der Waals surface area contributed by atoms with Gasteiger partial charge >= 0.3 is 6.18 Å². The van der Waals surface area contributed by atoms with Crippen molar-refractivity contribution in [3.8, 4) is 0 Å². The number of aliphatic hydroxyl groups excluding tert-OH is 1. The molecule has 0 aliphatic carbocycles. The second kappa shape index (κ2) is 6.75. The maximum absolute atomic E-state index is 11.9. The summed E-state index contributed by atoms with van der Waals surface area (Å²) in [5.41, 5.74) is 1.97. The quantitative estimate of drug-likeness (QED) is 0.798. The van der Waals surface area contributed by atoms with Crippen LogP contribution in [0.3, 0.4) is 0 Å². The molecule has 1 rings (SSSR count). The molecule has 0 radical (unpaired) electrons. The molecule has 0 aliphatic heterocycles. The maximum atomic E-state index is 11.9. The average Bonchev–Trinajstić information content (AvgIpc) is 2.29. The van der Waals surface area contributed by atoms with Crippen molar-refractivity contribution in [1.29, 1.82) is 0 Å². The largest absolute Gasteiger partial charge is 0.411 e. The molecular formula is C13H17F3O2. The zero-order valence-electron chi connectivity index (χ0n) is 10.2. The maximum Gasteiger partial charge on any atom is 0.411 e. The van der Waals surface area contributed by atoms with Gasteiger partial charge in [-0.05, 0) is 24.5 Å². The Bertz CT molecular complexity index is 363. The normalized spacial score (nSPS) is 13.6. The molecule has 0 amide bonds. The number of benzene rings is 1. The molecule has 2 nitrogen and oxygen atoms in total. The fourth-order valence-corrected chi connectivity index (χ4v) is 1.80. The first-order valence-electron chi connectivity index (χ1n) is 5.75.